The smallest absolute Gasteiger partial charge is 0.191 e. The van der Waals surface area contributed by atoms with Crippen LogP contribution in [-0.4, -0.2) is 25.2 Å². The number of nitrogens with one attached hydrogen (secondary N) is 2. The van der Waals surface area contributed by atoms with E-state index < -0.39 is 0 Å². The van der Waals surface area contributed by atoms with Gasteiger partial charge in [-0.25, -0.2) is 0 Å². The zero-order valence-electron chi connectivity index (χ0n) is 13.6. The Morgan fingerprint density at radius 3 is 2.62 bits per heavy atom. The van der Waals surface area contributed by atoms with Gasteiger partial charge in [0, 0.05) is 24.7 Å². The summed E-state index contributed by atoms with van der Waals surface area (Å²) in [5.41, 5.74) is 1.15. The molecule has 1 aromatic rings. The van der Waals surface area contributed by atoms with Crippen molar-refractivity contribution >= 4 is 5.96 Å². The van der Waals surface area contributed by atoms with Crippen molar-refractivity contribution in [1.82, 2.24) is 10.6 Å². The second-order valence-corrected chi connectivity index (χ2v) is 6.66. The van der Waals surface area contributed by atoms with Crippen LogP contribution in [0.4, 0.5) is 0 Å². The number of benzene rings is 1. The summed E-state index contributed by atoms with van der Waals surface area (Å²) < 4.78 is 5.93. The van der Waals surface area contributed by atoms with Gasteiger partial charge in [-0.1, -0.05) is 18.2 Å². The number of para-hydroxylation sites is 1. The third kappa shape index (κ3) is 5.66. The van der Waals surface area contributed by atoms with Crippen LogP contribution in [0, 0.1) is 5.92 Å². The Balaban J connectivity index is 1.91. The molecule has 4 nitrogen and oxygen atoms in total. The minimum Gasteiger partial charge on any atom is -0.493 e. The second kappa shape index (κ2) is 6.83. The van der Waals surface area contributed by atoms with Gasteiger partial charge in [-0.15, -0.1) is 0 Å². The molecule has 0 spiro atoms. The fourth-order valence-electron chi connectivity index (χ4n) is 2.00. The molecular weight excluding hydrogens is 262 g/mol. The maximum absolute atomic E-state index is 5.93. The summed E-state index contributed by atoms with van der Waals surface area (Å²) in [4.78, 5) is 4.26. The van der Waals surface area contributed by atoms with Crippen LogP contribution in [0.3, 0.4) is 0 Å². The summed E-state index contributed by atoms with van der Waals surface area (Å²) in [6, 6.07) is 8.20. The normalized spacial score (nSPS) is 15.7. The fraction of sp³-hybridized carbons (Fsp3) is 0.588. The summed E-state index contributed by atoms with van der Waals surface area (Å²) in [5, 5.41) is 6.70. The summed E-state index contributed by atoms with van der Waals surface area (Å²) in [6.07, 6.45) is 2.62. The van der Waals surface area contributed by atoms with Gasteiger partial charge in [-0.05, 0) is 45.6 Å². The van der Waals surface area contributed by atoms with Gasteiger partial charge < -0.3 is 15.4 Å². The van der Waals surface area contributed by atoms with Crippen molar-refractivity contribution < 1.29 is 4.74 Å². The highest BCUT2D eigenvalue weighted by Gasteiger charge is 2.22. The van der Waals surface area contributed by atoms with Gasteiger partial charge in [-0.3, -0.25) is 4.99 Å². The molecule has 0 radical (unpaired) electrons. The lowest BCUT2D eigenvalue weighted by molar-refractivity contribution is 0.296. The molecule has 0 heterocycles. The standard InChI is InChI=1S/C17H27N3O/c1-17(2,3)20-16(18-4)19-11-14-7-5-6-8-15(14)21-12-13-9-10-13/h5-8,13H,9-12H2,1-4H3,(H2,18,19,20). The molecule has 2 N–H and O–H groups in total. The second-order valence-electron chi connectivity index (χ2n) is 6.66. The summed E-state index contributed by atoms with van der Waals surface area (Å²) in [5.74, 6) is 2.55. The molecule has 1 aromatic carbocycles. The average Bonchev–Trinajstić information content (AvgIpc) is 3.25. The van der Waals surface area contributed by atoms with Gasteiger partial charge in [-0.2, -0.15) is 0 Å². The highest BCUT2D eigenvalue weighted by atomic mass is 16.5. The Labute approximate surface area is 128 Å². The van der Waals surface area contributed by atoms with E-state index in [1.54, 1.807) is 7.05 Å². The number of aliphatic imine (C=N–C) groups is 1. The summed E-state index contributed by atoms with van der Waals surface area (Å²) in [7, 11) is 1.79. The number of ether oxygens (including phenoxy) is 1. The lowest BCUT2D eigenvalue weighted by Crippen LogP contribution is -2.47. The zero-order chi connectivity index (χ0) is 15.3. The van der Waals surface area contributed by atoms with E-state index in [2.05, 4.69) is 42.5 Å². The van der Waals surface area contributed by atoms with Gasteiger partial charge in [0.1, 0.15) is 5.75 Å². The van der Waals surface area contributed by atoms with Crippen LogP contribution in [0.5, 0.6) is 5.75 Å². The van der Waals surface area contributed by atoms with Crippen molar-refractivity contribution in [3.63, 3.8) is 0 Å². The molecule has 0 aromatic heterocycles. The molecule has 0 unspecified atom stereocenters. The van der Waals surface area contributed by atoms with Crippen molar-refractivity contribution in [3.05, 3.63) is 29.8 Å². The van der Waals surface area contributed by atoms with Gasteiger partial charge in [0.25, 0.3) is 0 Å². The molecule has 2 rings (SSSR count). The zero-order valence-corrected chi connectivity index (χ0v) is 13.6. The molecule has 4 heteroatoms. The predicted molar refractivity (Wildman–Crippen MR) is 87.7 cm³/mol. The van der Waals surface area contributed by atoms with Crippen molar-refractivity contribution in [1.29, 1.82) is 0 Å². The van der Waals surface area contributed by atoms with Crippen LogP contribution in [0.1, 0.15) is 39.2 Å². The predicted octanol–water partition coefficient (Wildman–Crippen LogP) is 2.94. The van der Waals surface area contributed by atoms with E-state index >= 15 is 0 Å². The summed E-state index contributed by atoms with van der Waals surface area (Å²) >= 11 is 0. The highest BCUT2D eigenvalue weighted by Crippen LogP contribution is 2.30. The van der Waals surface area contributed by atoms with Crippen LogP contribution >= 0.6 is 0 Å². The molecule has 1 saturated carbocycles. The number of rotatable bonds is 5. The van der Waals surface area contributed by atoms with Gasteiger partial charge in [0.15, 0.2) is 5.96 Å². The first kappa shape index (κ1) is 15.7. The molecule has 1 aliphatic carbocycles. The molecular formula is C17H27N3O. The Morgan fingerprint density at radius 2 is 2.00 bits per heavy atom. The van der Waals surface area contributed by atoms with Gasteiger partial charge in [0.05, 0.1) is 6.61 Å². The highest BCUT2D eigenvalue weighted by molar-refractivity contribution is 5.80. The van der Waals surface area contributed by atoms with Crippen molar-refractivity contribution in [2.75, 3.05) is 13.7 Å². The van der Waals surface area contributed by atoms with E-state index in [9.17, 15) is 0 Å². The van der Waals surface area contributed by atoms with Crippen LogP contribution in [0.15, 0.2) is 29.3 Å². The molecule has 1 aliphatic rings. The first-order chi connectivity index (χ1) is 9.98. The van der Waals surface area contributed by atoms with Gasteiger partial charge >= 0.3 is 0 Å². The Morgan fingerprint density at radius 1 is 1.29 bits per heavy atom. The molecule has 0 saturated heterocycles. The van der Waals surface area contributed by atoms with Gasteiger partial charge in [0.2, 0.25) is 0 Å². The minimum absolute atomic E-state index is 0.0101. The van der Waals surface area contributed by atoms with Crippen LogP contribution in [-0.2, 0) is 6.54 Å². The number of hydrogen-bond acceptors (Lipinski definition) is 2. The molecule has 0 atom stereocenters. The van der Waals surface area contributed by atoms with E-state index in [0.29, 0.717) is 6.54 Å². The third-order valence-electron chi connectivity index (χ3n) is 3.31. The van der Waals surface area contributed by atoms with Crippen molar-refractivity contribution in [2.24, 2.45) is 10.9 Å². The average molecular weight is 289 g/mol. The monoisotopic (exact) mass is 289 g/mol. The molecule has 0 bridgehead atoms. The van der Waals surface area contributed by atoms with Crippen LogP contribution in [0.25, 0.3) is 0 Å². The van der Waals surface area contributed by atoms with E-state index in [4.69, 9.17) is 4.74 Å². The van der Waals surface area contributed by atoms with E-state index in [1.807, 2.05) is 18.2 Å². The van der Waals surface area contributed by atoms with Crippen molar-refractivity contribution in [3.8, 4) is 5.75 Å². The van der Waals surface area contributed by atoms with Crippen LogP contribution < -0.4 is 15.4 Å². The first-order valence-electron chi connectivity index (χ1n) is 7.67. The lowest BCUT2D eigenvalue weighted by Gasteiger charge is -2.24. The molecule has 1 fully saturated rings. The Bertz CT molecular complexity index is 487. The molecule has 116 valence electrons. The molecule has 0 amide bonds. The summed E-state index contributed by atoms with van der Waals surface area (Å²) in [6.45, 7) is 7.90. The molecule has 0 aliphatic heterocycles. The maximum Gasteiger partial charge on any atom is 0.191 e. The number of nitrogens with zero attached hydrogens (tertiary/aromatic N) is 1. The minimum atomic E-state index is -0.0101. The first-order valence-corrected chi connectivity index (χ1v) is 7.67. The quantitative estimate of drug-likeness (QED) is 0.647. The van der Waals surface area contributed by atoms with E-state index in [0.717, 1.165) is 29.8 Å². The number of hydrogen-bond donors (Lipinski definition) is 2. The topological polar surface area (TPSA) is 45.7 Å². The van der Waals surface area contributed by atoms with E-state index in [-0.39, 0.29) is 5.54 Å². The van der Waals surface area contributed by atoms with Crippen molar-refractivity contribution in [2.45, 2.75) is 45.7 Å². The maximum atomic E-state index is 5.93. The molecule has 21 heavy (non-hydrogen) atoms. The van der Waals surface area contributed by atoms with E-state index in [1.165, 1.54) is 12.8 Å². The fourth-order valence-corrected chi connectivity index (χ4v) is 2.00. The third-order valence-corrected chi connectivity index (χ3v) is 3.31. The Hall–Kier alpha value is -1.71. The largest absolute Gasteiger partial charge is 0.493 e. The lowest BCUT2D eigenvalue weighted by atomic mass is 10.1. The number of guanidine groups is 1. The Kier molecular flexibility index (Phi) is 5.10. The van der Waals surface area contributed by atoms with Crippen LogP contribution in [0.2, 0.25) is 0 Å². The SMILES string of the molecule is CN=C(NCc1ccccc1OCC1CC1)NC(C)(C)C.